The Bertz CT molecular complexity index is 1010. The number of nitrogens with zero attached hydrogens (tertiary/aromatic N) is 2. The van der Waals surface area contributed by atoms with E-state index < -0.39 is 5.41 Å². The van der Waals surface area contributed by atoms with E-state index in [0.717, 1.165) is 40.2 Å². The Morgan fingerprint density at radius 2 is 1.50 bits per heavy atom. The molecule has 1 N–H and O–H groups in total. The first kappa shape index (κ1) is 17.1. The van der Waals surface area contributed by atoms with E-state index in [1.807, 2.05) is 36.4 Å². The Morgan fingerprint density at radius 3 is 2.11 bits per heavy atom. The smallest absolute Gasteiger partial charge is 0.162 e. The van der Waals surface area contributed by atoms with E-state index >= 15 is 0 Å². The van der Waals surface area contributed by atoms with Crippen LogP contribution in [0.5, 0.6) is 0 Å². The molecule has 28 heavy (non-hydrogen) atoms. The summed E-state index contributed by atoms with van der Waals surface area (Å²) in [5, 5.41) is 12.2. The molecular formula is C24H23N3O. The van der Waals surface area contributed by atoms with Crippen molar-refractivity contribution in [2.75, 3.05) is 6.54 Å². The second-order valence-corrected chi connectivity index (χ2v) is 8.63. The summed E-state index contributed by atoms with van der Waals surface area (Å²) >= 11 is 0. The molecule has 0 aromatic heterocycles. The van der Waals surface area contributed by atoms with Gasteiger partial charge in [0.1, 0.15) is 0 Å². The number of carbonyl (C=O) groups excluding carboxylic acids is 1. The molecule has 3 aliphatic rings. The molecule has 0 bridgehead atoms. The zero-order valence-corrected chi connectivity index (χ0v) is 16.2. The first-order chi connectivity index (χ1) is 13.5. The standard InChI is InChI=1S/C24H23N3O/c1-23(2)13-19-21(20(28)14-23)24(16-9-5-3-6-10-16,17-11-7-4-8-12-17)18-15-25-27-22(18)26-19/h3-12,26H,13-15H2,1-2H3. The van der Waals surface area contributed by atoms with Crippen LogP contribution in [-0.2, 0) is 10.2 Å². The third kappa shape index (κ3) is 2.34. The molecule has 0 saturated carbocycles. The first-order valence-electron chi connectivity index (χ1n) is 9.78. The highest BCUT2D eigenvalue weighted by molar-refractivity contribution is 6.02. The van der Waals surface area contributed by atoms with Gasteiger partial charge in [-0.2, -0.15) is 5.11 Å². The van der Waals surface area contributed by atoms with Gasteiger partial charge >= 0.3 is 0 Å². The normalized spacial score (nSPS) is 22.0. The van der Waals surface area contributed by atoms with Crippen molar-refractivity contribution in [3.8, 4) is 0 Å². The predicted octanol–water partition coefficient (Wildman–Crippen LogP) is 4.90. The summed E-state index contributed by atoms with van der Waals surface area (Å²) < 4.78 is 0. The van der Waals surface area contributed by atoms with Crippen LogP contribution in [0.3, 0.4) is 0 Å². The van der Waals surface area contributed by atoms with Crippen LogP contribution in [0.4, 0.5) is 0 Å². The lowest BCUT2D eigenvalue weighted by Crippen LogP contribution is -2.47. The fourth-order valence-corrected chi connectivity index (χ4v) is 5.05. The Labute approximate surface area is 165 Å². The number of dihydropyridines is 1. The topological polar surface area (TPSA) is 53.8 Å². The second kappa shape index (κ2) is 5.99. The summed E-state index contributed by atoms with van der Waals surface area (Å²) in [6.07, 6.45) is 1.37. The third-order valence-corrected chi connectivity index (χ3v) is 6.07. The maximum Gasteiger partial charge on any atom is 0.162 e. The van der Waals surface area contributed by atoms with Gasteiger partial charge < -0.3 is 5.32 Å². The van der Waals surface area contributed by atoms with Gasteiger partial charge in [-0.1, -0.05) is 74.5 Å². The van der Waals surface area contributed by atoms with E-state index in [9.17, 15) is 4.79 Å². The monoisotopic (exact) mass is 369 g/mol. The molecule has 0 radical (unpaired) electrons. The molecule has 2 aromatic rings. The van der Waals surface area contributed by atoms with Gasteiger partial charge in [0.25, 0.3) is 0 Å². The van der Waals surface area contributed by atoms with Crippen LogP contribution in [0.1, 0.15) is 37.8 Å². The van der Waals surface area contributed by atoms with Gasteiger partial charge in [0, 0.05) is 23.3 Å². The van der Waals surface area contributed by atoms with Crippen LogP contribution in [-0.4, -0.2) is 12.3 Å². The molecule has 0 atom stereocenters. The number of carbonyl (C=O) groups is 1. The fourth-order valence-electron chi connectivity index (χ4n) is 5.05. The summed E-state index contributed by atoms with van der Waals surface area (Å²) in [5.74, 6) is 1.02. The Hall–Kier alpha value is -3.01. The number of benzene rings is 2. The highest BCUT2D eigenvalue weighted by Crippen LogP contribution is 2.54. The molecular weight excluding hydrogens is 346 g/mol. The predicted molar refractivity (Wildman–Crippen MR) is 109 cm³/mol. The summed E-state index contributed by atoms with van der Waals surface area (Å²) in [5.41, 5.74) is 4.41. The van der Waals surface area contributed by atoms with Gasteiger partial charge in [-0.25, -0.2) is 0 Å². The van der Waals surface area contributed by atoms with Crippen LogP contribution in [0.25, 0.3) is 0 Å². The van der Waals surface area contributed by atoms with Crippen LogP contribution >= 0.6 is 0 Å². The highest BCUT2D eigenvalue weighted by atomic mass is 16.1. The zero-order valence-electron chi connectivity index (χ0n) is 16.2. The van der Waals surface area contributed by atoms with Crippen molar-refractivity contribution in [3.63, 3.8) is 0 Å². The van der Waals surface area contributed by atoms with Crippen LogP contribution in [0, 0.1) is 5.41 Å². The summed E-state index contributed by atoms with van der Waals surface area (Å²) in [6.45, 7) is 4.81. The summed E-state index contributed by atoms with van der Waals surface area (Å²) in [7, 11) is 0. The minimum atomic E-state index is -0.643. The van der Waals surface area contributed by atoms with Crippen molar-refractivity contribution in [1.82, 2.24) is 5.32 Å². The van der Waals surface area contributed by atoms with E-state index in [-0.39, 0.29) is 11.2 Å². The van der Waals surface area contributed by atoms with Crippen LogP contribution < -0.4 is 5.32 Å². The number of ketones is 1. The van der Waals surface area contributed by atoms with Crippen molar-refractivity contribution in [3.05, 3.63) is 94.5 Å². The van der Waals surface area contributed by atoms with Gasteiger partial charge in [-0.3, -0.25) is 4.79 Å². The van der Waals surface area contributed by atoms with E-state index in [1.165, 1.54) is 0 Å². The molecule has 2 aromatic carbocycles. The summed E-state index contributed by atoms with van der Waals surface area (Å²) in [6, 6.07) is 20.7. The maximum atomic E-state index is 13.6. The molecule has 4 heteroatoms. The third-order valence-electron chi connectivity index (χ3n) is 6.07. The Kier molecular flexibility index (Phi) is 3.66. The number of rotatable bonds is 2. The van der Waals surface area contributed by atoms with Crippen molar-refractivity contribution in [1.29, 1.82) is 0 Å². The lowest BCUT2D eigenvalue weighted by molar-refractivity contribution is -0.118. The van der Waals surface area contributed by atoms with Gasteiger partial charge in [0.2, 0.25) is 0 Å². The number of allylic oxidation sites excluding steroid dienone is 2. The van der Waals surface area contributed by atoms with Crippen LogP contribution in [0.15, 0.2) is 93.6 Å². The molecule has 5 rings (SSSR count). The summed E-state index contributed by atoms with van der Waals surface area (Å²) in [4.78, 5) is 13.6. The van der Waals surface area contributed by atoms with Gasteiger partial charge in [-0.05, 0) is 23.0 Å². The van der Waals surface area contributed by atoms with Gasteiger partial charge in [-0.15, -0.1) is 5.11 Å². The number of hydrogen-bond acceptors (Lipinski definition) is 4. The molecule has 0 amide bonds. The van der Waals surface area contributed by atoms with E-state index in [1.54, 1.807) is 0 Å². The van der Waals surface area contributed by atoms with Crippen LogP contribution in [0.2, 0.25) is 0 Å². The lowest BCUT2D eigenvalue weighted by atomic mass is 9.58. The van der Waals surface area contributed by atoms with Gasteiger partial charge in [0.05, 0.1) is 12.0 Å². The van der Waals surface area contributed by atoms with Crippen molar-refractivity contribution >= 4 is 5.78 Å². The molecule has 0 unspecified atom stereocenters. The Morgan fingerprint density at radius 1 is 0.893 bits per heavy atom. The number of hydrogen-bond donors (Lipinski definition) is 1. The lowest BCUT2D eigenvalue weighted by Gasteiger charge is -2.46. The quantitative estimate of drug-likeness (QED) is 0.819. The average Bonchev–Trinajstić information content (AvgIpc) is 3.15. The Balaban J connectivity index is 1.89. The molecule has 0 saturated heterocycles. The number of azo groups is 1. The van der Waals surface area contributed by atoms with Gasteiger partial charge in [0.15, 0.2) is 11.6 Å². The molecule has 0 spiro atoms. The number of nitrogens with one attached hydrogen (secondary N) is 1. The average molecular weight is 369 g/mol. The first-order valence-corrected chi connectivity index (χ1v) is 9.78. The fraction of sp³-hybridized carbons (Fsp3) is 0.292. The number of Topliss-reactive ketones (excluding diaryl/α,β-unsaturated/α-hetero) is 1. The van der Waals surface area contributed by atoms with Crippen molar-refractivity contribution in [2.45, 2.75) is 32.1 Å². The van der Waals surface area contributed by atoms with Crippen molar-refractivity contribution in [2.24, 2.45) is 15.6 Å². The molecule has 2 aliphatic heterocycles. The van der Waals surface area contributed by atoms with E-state index in [4.69, 9.17) is 0 Å². The second-order valence-electron chi connectivity index (χ2n) is 8.63. The maximum absolute atomic E-state index is 13.6. The molecule has 2 heterocycles. The highest BCUT2D eigenvalue weighted by Gasteiger charge is 2.53. The molecule has 1 aliphatic carbocycles. The van der Waals surface area contributed by atoms with Crippen molar-refractivity contribution < 1.29 is 4.79 Å². The molecule has 140 valence electrons. The minimum Gasteiger partial charge on any atom is -0.342 e. The molecule has 4 nitrogen and oxygen atoms in total. The van der Waals surface area contributed by atoms with E-state index in [2.05, 4.69) is 53.7 Å². The molecule has 0 fully saturated rings. The zero-order chi connectivity index (χ0) is 19.4. The largest absolute Gasteiger partial charge is 0.342 e. The minimum absolute atomic E-state index is 0.0736. The van der Waals surface area contributed by atoms with E-state index in [0.29, 0.717) is 13.0 Å². The SMILES string of the molecule is CC1(C)CC(=O)C2=C(C1)NC1=C(CN=N1)C2(c1ccccc1)c1ccccc1.